The van der Waals surface area contributed by atoms with Crippen molar-refractivity contribution in [2.45, 2.75) is 24.7 Å². The minimum absolute atomic E-state index is 0.112. The van der Waals surface area contributed by atoms with Gasteiger partial charge in [-0.3, -0.25) is 14.2 Å². The van der Waals surface area contributed by atoms with E-state index in [9.17, 15) is 14.0 Å². The summed E-state index contributed by atoms with van der Waals surface area (Å²) < 4.78 is 19.7. The third-order valence-electron chi connectivity index (χ3n) is 4.70. The van der Waals surface area contributed by atoms with Gasteiger partial charge in [-0.25, -0.2) is 9.37 Å². The van der Waals surface area contributed by atoms with Crippen LogP contribution >= 0.6 is 23.4 Å². The van der Waals surface area contributed by atoms with Gasteiger partial charge in [0.15, 0.2) is 5.16 Å². The maximum atomic E-state index is 13.1. The lowest BCUT2D eigenvalue weighted by Gasteiger charge is -2.18. The molecule has 1 aromatic heterocycles. The molecule has 0 unspecified atom stereocenters. The summed E-state index contributed by atoms with van der Waals surface area (Å²) in [5.74, 6) is -0.332. The molecular formula is C22H23ClFN3O3S. The Bertz CT molecular complexity index is 1120. The van der Waals surface area contributed by atoms with E-state index in [1.807, 2.05) is 0 Å². The van der Waals surface area contributed by atoms with Crippen molar-refractivity contribution < 1.29 is 13.9 Å². The Kier molecular flexibility index (Phi) is 8.06. The first-order chi connectivity index (χ1) is 14.9. The van der Waals surface area contributed by atoms with Crippen molar-refractivity contribution >= 4 is 40.2 Å². The highest BCUT2D eigenvalue weighted by atomic mass is 35.5. The van der Waals surface area contributed by atoms with Crippen LogP contribution in [0.2, 0.25) is 5.02 Å². The van der Waals surface area contributed by atoms with Crippen molar-refractivity contribution in [1.82, 2.24) is 14.5 Å². The number of amides is 1. The van der Waals surface area contributed by atoms with E-state index >= 15 is 0 Å². The Morgan fingerprint density at radius 2 is 2.00 bits per heavy atom. The lowest BCUT2D eigenvalue weighted by Crippen LogP contribution is -2.29. The Balaban J connectivity index is 1.78. The molecule has 164 valence electrons. The van der Waals surface area contributed by atoms with Crippen LogP contribution in [0.4, 0.5) is 4.39 Å². The van der Waals surface area contributed by atoms with E-state index in [4.69, 9.17) is 16.3 Å². The lowest BCUT2D eigenvalue weighted by atomic mass is 10.2. The molecule has 0 radical (unpaired) electrons. The number of nitrogens with zero attached hydrogens (tertiary/aromatic N) is 3. The van der Waals surface area contributed by atoms with Gasteiger partial charge in [0.2, 0.25) is 5.91 Å². The van der Waals surface area contributed by atoms with Gasteiger partial charge in [-0.15, -0.1) is 0 Å². The number of halogens is 2. The minimum Gasteiger partial charge on any atom is -0.385 e. The van der Waals surface area contributed by atoms with Crippen LogP contribution in [0, 0.1) is 5.82 Å². The van der Waals surface area contributed by atoms with Crippen LogP contribution in [-0.2, 0) is 22.6 Å². The van der Waals surface area contributed by atoms with E-state index < -0.39 is 0 Å². The zero-order valence-electron chi connectivity index (χ0n) is 17.3. The zero-order chi connectivity index (χ0) is 22.4. The number of carbonyl (C=O) groups is 1. The summed E-state index contributed by atoms with van der Waals surface area (Å²) in [5, 5.41) is 1.42. The topological polar surface area (TPSA) is 64.4 Å². The molecule has 2 aromatic carbocycles. The van der Waals surface area contributed by atoms with Crippen LogP contribution in [0.3, 0.4) is 0 Å². The van der Waals surface area contributed by atoms with Gasteiger partial charge in [-0.05, 0) is 42.3 Å². The largest absolute Gasteiger partial charge is 0.385 e. The van der Waals surface area contributed by atoms with Gasteiger partial charge in [-0.1, -0.05) is 35.5 Å². The van der Waals surface area contributed by atoms with Crippen molar-refractivity contribution in [3.05, 3.63) is 69.2 Å². The van der Waals surface area contributed by atoms with Gasteiger partial charge in [0, 0.05) is 38.9 Å². The highest BCUT2D eigenvalue weighted by Gasteiger charge is 2.16. The SMILES string of the molecule is COCCCn1c(SCC(=O)N(C)Cc2ccc(F)cc2)nc2cc(Cl)ccc2c1=O. The number of hydrogen-bond donors (Lipinski definition) is 0. The van der Waals surface area contributed by atoms with Crippen molar-refractivity contribution in [2.75, 3.05) is 26.5 Å². The van der Waals surface area contributed by atoms with Gasteiger partial charge >= 0.3 is 0 Å². The Hall–Kier alpha value is -2.42. The van der Waals surface area contributed by atoms with Crippen LogP contribution in [-0.4, -0.2) is 46.9 Å². The normalized spacial score (nSPS) is 11.1. The molecule has 0 spiro atoms. The van der Waals surface area contributed by atoms with Crippen molar-refractivity contribution in [1.29, 1.82) is 0 Å². The number of methoxy groups -OCH3 is 1. The first kappa shape index (κ1) is 23.2. The molecule has 0 N–H and O–H groups in total. The molecule has 0 bridgehead atoms. The maximum Gasteiger partial charge on any atom is 0.262 e. The Labute approximate surface area is 189 Å². The number of rotatable bonds is 9. The second-order valence-electron chi connectivity index (χ2n) is 7.02. The molecule has 0 saturated carbocycles. The second-order valence-corrected chi connectivity index (χ2v) is 8.40. The van der Waals surface area contributed by atoms with Crippen molar-refractivity contribution in [2.24, 2.45) is 0 Å². The molecule has 0 saturated heterocycles. The quantitative estimate of drug-likeness (QED) is 0.273. The molecule has 0 fully saturated rings. The predicted octanol–water partition coefficient (Wildman–Crippen LogP) is 3.98. The molecule has 31 heavy (non-hydrogen) atoms. The highest BCUT2D eigenvalue weighted by molar-refractivity contribution is 7.99. The van der Waals surface area contributed by atoms with Gasteiger partial charge in [0.05, 0.1) is 16.7 Å². The smallest absolute Gasteiger partial charge is 0.262 e. The van der Waals surface area contributed by atoms with Crippen LogP contribution in [0.5, 0.6) is 0 Å². The average molecular weight is 464 g/mol. The molecule has 0 atom stereocenters. The third-order valence-corrected chi connectivity index (χ3v) is 5.89. The molecule has 3 aromatic rings. The molecule has 3 rings (SSSR count). The summed E-state index contributed by atoms with van der Waals surface area (Å²) in [6.07, 6.45) is 0.642. The van der Waals surface area contributed by atoms with Gasteiger partial charge in [0.25, 0.3) is 5.56 Å². The van der Waals surface area contributed by atoms with E-state index in [1.165, 1.54) is 23.9 Å². The van der Waals surface area contributed by atoms with E-state index in [-0.39, 0.29) is 23.0 Å². The van der Waals surface area contributed by atoms with Crippen molar-refractivity contribution in [3.63, 3.8) is 0 Å². The third kappa shape index (κ3) is 6.06. The number of carbonyl (C=O) groups excluding carboxylic acids is 1. The van der Waals surface area contributed by atoms with Gasteiger partial charge in [0.1, 0.15) is 5.82 Å². The fraction of sp³-hybridized carbons (Fsp3) is 0.318. The molecular weight excluding hydrogens is 441 g/mol. The fourth-order valence-electron chi connectivity index (χ4n) is 3.04. The summed E-state index contributed by atoms with van der Waals surface area (Å²) >= 11 is 7.27. The van der Waals surface area contributed by atoms with E-state index in [1.54, 1.807) is 54.0 Å². The summed E-state index contributed by atoms with van der Waals surface area (Å²) in [5.41, 5.74) is 1.15. The Morgan fingerprint density at radius 1 is 1.26 bits per heavy atom. The fourth-order valence-corrected chi connectivity index (χ4v) is 4.17. The molecule has 0 aliphatic carbocycles. The molecule has 0 aliphatic heterocycles. The highest BCUT2D eigenvalue weighted by Crippen LogP contribution is 2.21. The first-order valence-electron chi connectivity index (χ1n) is 9.69. The van der Waals surface area contributed by atoms with E-state index in [0.29, 0.717) is 47.2 Å². The van der Waals surface area contributed by atoms with Gasteiger partial charge in [-0.2, -0.15) is 0 Å². The zero-order valence-corrected chi connectivity index (χ0v) is 18.9. The number of ether oxygens (including phenoxy) is 1. The average Bonchev–Trinajstić information content (AvgIpc) is 2.75. The number of aromatic nitrogens is 2. The lowest BCUT2D eigenvalue weighted by molar-refractivity contribution is -0.127. The predicted molar refractivity (Wildman–Crippen MR) is 121 cm³/mol. The van der Waals surface area contributed by atoms with E-state index in [0.717, 1.165) is 5.56 Å². The summed E-state index contributed by atoms with van der Waals surface area (Å²) in [4.78, 5) is 31.8. The number of thioether (sulfide) groups is 1. The minimum atomic E-state index is -0.317. The van der Waals surface area contributed by atoms with Gasteiger partial charge < -0.3 is 9.64 Å². The van der Waals surface area contributed by atoms with E-state index in [2.05, 4.69) is 4.98 Å². The molecule has 0 aliphatic rings. The monoisotopic (exact) mass is 463 g/mol. The van der Waals surface area contributed by atoms with Crippen LogP contribution in [0.1, 0.15) is 12.0 Å². The molecule has 1 amide bonds. The molecule has 6 nitrogen and oxygen atoms in total. The Morgan fingerprint density at radius 3 is 2.71 bits per heavy atom. The summed E-state index contributed by atoms with van der Waals surface area (Å²) in [7, 11) is 3.29. The number of fused-ring (bicyclic) bond motifs is 1. The van der Waals surface area contributed by atoms with Crippen molar-refractivity contribution in [3.8, 4) is 0 Å². The first-order valence-corrected chi connectivity index (χ1v) is 11.1. The number of hydrogen-bond acceptors (Lipinski definition) is 5. The number of benzene rings is 2. The standard InChI is InChI=1S/C22H23ClFN3O3S/c1-26(13-15-4-7-17(24)8-5-15)20(28)14-31-22-25-19-12-16(23)6-9-18(19)21(29)27(22)10-3-11-30-2/h4-9,12H,3,10-11,13-14H2,1-2H3. The van der Waals surface area contributed by atoms with Crippen LogP contribution in [0.15, 0.2) is 52.4 Å². The summed E-state index contributed by atoms with van der Waals surface area (Å²) in [6, 6.07) is 11.0. The second kappa shape index (κ2) is 10.7. The van der Waals surface area contributed by atoms with Crippen LogP contribution in [0.25, 0.3) is 10.9 Å². The molecule has 9 heteroatoms. The van der Waals surface area contributed by atoms with Crippen LogP contribution < -0.4 is 5.56 Å². The maximum absolute atomic E-state index is 13.1. The summed E-state index contributed by atoms with van der Waals surface area (Å²) in [6.45, 7) is 1.30. The molecule has 1 heterocycles.